The quantitative estimate of drug-likeness (QED) is 0.894. The van der Waals surface area contributed by atoms with Crippen LogP contribution in [-0.4, -0.2) is 37.2 Å². The normalized spacial score (nSPS) is 14.6. The molecule has 1 amide bonds. The number of ether oxygens (including phenoxy) is 1. The van der Waals surface area contributed by atoms with Crippen LogP contribution in [0.15, 0.2) is 41.1 Å². The summed E-state index contributed by atoms with van der Waals surface area (Å²) in [5, 5.41) is 2.91. The first kappa shape index (κ1) is 16.0. The summed E-state index contributed by atoms with van der Waals surface area (Å²) in [4.78, 5) is 18.9. The van der Waals surface area contributed by atoms with Crippen LogP contribution in [0, 0.1) is 6.92 Å². The topological polar surface area (TPSA) is 54.5 Å². The molecule has 1 aliphatic rings. The third-order valence-corrected chi connectivity index (χ3v) is 4.39. The summed E-state index contributed by atoms with van der Waals surface area (Å²) in [5.74, 6) is -0.169. The zero-order valence-electron chi connectivity index (χ0n) is 12.9. The first-order valence-electron chi connectivity index (χ1n) is 7.49. The summed E-state index contributed by atoms with van der Waals surface area (Å²) in [5.41, 5.74) is 3.37. The van der Waals surface area contributed by atoms with Crippen LogP contribution < -0.4 is 10.2 Å². The molecular formula is C17H18BrN3O2. The van der Waals surface area contributed by atoms with Crippen molar-refractivity contribution in [2.45, 2.75) is 6.92 Å². The number of pyridine rings is 1. The molecule has 1 saturated heterocycles. The Hall–Kier alpha value is -1.92. The number of halogens is 1. The average Bonchev–Trinajstić information content (AvgIpc) is 2.58. The van der Waals surface area contributed by atoms with Gasteiger partial charge in [-0.05, 0) is 46.6 Å². The maximum atomic E-state index is 12.5. The van der Waals surface area contributed by atoms with Crippen LogP contribution >= 0.6 is 15.9 Å². The lowest BCUT2D eigenvalue weighted by atomic mass is 10.2. The van der Waals surface area contributed by atoms with E-state index in [0.717, 1.165) is 34.5 Å². The van der Waals surface area contributed by atoms with Gasteiger partial charge in [0.15, 0.2) is 0 Å². The molecular weight excluding hydrogens is 358 g/mol. The zero-order chi connectivity index (χ0) is 16.2. The van der Waals surface area contributed by atoms with E-state index in [1.54, 1.807) is 12.4 Å². The molecule has 0 bridgehead atoms. The summed E-state index contributed by atoms with van der Waals surface area (Å²) in [7, 11) is 0. The van der Waals surface area contributed by atoms with Gasteiger partial charge in [-0.25, -0.2) is 0 Å². The number of nitrogens with zero attached hydrogens (tertiary/aromatic N) is 2. The highest BCUT2D eigenvalue weighted by atomic mass is 79.9. The van der Waals surface area contributed by atoms with Gasteiger partial charge < -0.3 is 15.0 Å². The fourth-order valence-electron chi connectivity index (χ4n) is 2.46. The Kier molecular flexibility index (Phi) is 4.93. The van der Waals surface area contributed by atoms with E-state index in [-0.39, 0.29) is 5.91 Å². The van der Waals surface area contributed by atoms with E-state index in [0.29, 0.717) is 18.8 Å². The standard InChI is InChI=1S/C17H18BrN3O2/c1-12-2-3-16(15(18)8-12)20-17(22)13-9-14(11-19-10-13)21-4-6-23-7-5-21/h2-3,8-11H,4-7H2,1H3,(H,20,22). The summed E-state index contributed by atoms with van der Waals surface area (Å²) < 4.78 is 6.22. The van der Waals surface area contributed by atoms with Crippen LogP contribution in [0.5, 0.6) is 0 Å². The fourth-order valence-corrected chi connectivity index (χ4v) is 3.05. The number of rotatable bonds is 3. The van der Waals surface area contributed by atoms with E-state index in [9.17, 15) is 4.79 Å². The SMILES string of the molecule is Cc1ccc(NC(=O)c2cncc(N3CCOCC3)c2)c(Br)c1. The molecule has 3 rings (SSSR count). The Morgan fingerprint density at radius 1 is 1.26 bits per heavy atom. The molecule has 23 heavy (non-hydrogen) atoms. The molecule has 0 aliphatic carbocycles. The molecule has 2 heterocycles. The van der Waals surface area contributed by atoms with Gasteiger partial charge in [-0.15, -0.1) is 0 Å². The number of morpholine rings is 1. The Labute approximate surface area is 143 Å². The highest BCUT2D eigenvalue weighted by Gasteiger charge is 2.14. The molecule has 0 spiro atoms. The molecule has 1 fully saturated rings. The molecule has 1 aromatic carbocycles. The smallest absolute Gasteiger partial charge is 0.257 e. The third kappa shape index (κ3) is 3.89. The number of nitrogens with one attached hydrogen (secondary N) is 1. The summed E-state index contributed by atoms with van der Waals surface area (Å²) in [6, 6.07) is 7.69. The lowest BCUT2D eigenvalue weighted by Crippen LogP contribution is -2.36. The predicted octanol–water partition coefficient (Wildman–Crippen LogP) is 3.24. The molecule has 1 aliphatic heterocycles. The van der Waals surface area contributed by atoms with Crippen LogP contribution in [0.3, 0.4) is 0 Å². The van der Waals surface area contributed by atoms with Crippen LogP contribution in [0.25, 0.3) is 0 Å². The Morgan fingerprint density at radius 3 is 2.78 bits per heavy atom. The van der Waals surface area contributed by atoms with Gasteiger partial charge in [0.05, 0.1) is 36.3 Å². The Balaban J connectivity index is 1.76. The lowest BCUT2D eigenvalue weighted by Gasteiger charge is -2.28. The highest BCUT2D eigenvalue weighted by molar-refractivity contribution is 9.10. The van der Waals surface area contributed by atoms with Gasteiger partial charge in [-0.1, -0.05) is 6.07 Å². The number of benzene rings is 1. The van der Waals surface area contributed by atoms with Crippen molar-refractivity contribution in [3.8, 4) is 0 Å². The van der Waals surface area contributed by atoms with Crippen molar-refractivity contribution < 1.29 is 9.53 Å². The average molecular weight is 376 g/mol. The lowest BCUT2D eigenvalue weighted by molar-refractivity contribution is 0.102. The monoisotopic (exact) mass is 375 g/mol. The molecule has 5 nitrogen and oxygen atoms in total. The van der Waals surface area contributed by atoms with Crippen LogP contribution in [0.1, 0.15) is 15.9 Å². The second-order valence-electron chi connectivity index (χ2n) is 5.47. The van der Waals surface area contributed by atoms with Crippen LogP contribution in [0.2, 0.25) is 0 Å². The Morgan fingerprint density at radius 2 is 2.04 bits per heavy atom. The van der Waals surface area contributed by atoms with Crippen molar-refractivity contribution in [1.29, 1.82) is 0 Å². The van der Waals surface area contributed by atoms with Gasteiger partial charge in [0.25, 0.3) is 5.91 Å². The molecule has 0 radical (unpaired) electrons. The van der Waals surface area contributed by atoms with E-state index in [4.69, 9.17) is 4.74 Å². The summed E-state index contributed by atoms with van der Waals surface area (Å²) in [6.07, 6.45) is 3.37. The number of amides is 1. The van der Waals surface area contributed by atoms with Crippen LogP contribution in [-0.2, 0) is 4.74 Å². The van der Waals surface area contributed by atoms with Gasteiger partial charge >= 0.3 is 0 Å². The first-order valence-corrected chi connectivity index (χ1v) is 8.28. The second-order valence-corrected chi connectivity index (χ2v) is 6.32. The Bertz CT molecular complexity index is 715. The molecule has 0 atom stereocenters. The third-order valence-electron chi connectivity index (χ3n) is 3.74. The van der Waals surface area contributed by atoms with Crippen molar-refractivity contribution in [2.75, 3.05) is 36.5 Å². The van der Waals surface area contributed by atoms with Gasteiger partial charge in [-0.3, -0.25) is 9.78 Å². The van der Waals surface area contributed by atoms with Gasteiger partial charge in [-0.2, -0.15) is 0 Å². The van der Waals surface area contributed by atoms with Crippen molar-refractivity contribution in [3.63, 3.8) is 0 Å². The molecule has 2 aromatic rings. The molecule has 1 N–H and O–H groups in total. The van der Waals surface area contributed by atoms with Gasteiger partial charge in [0.2, 0.25) is 0 Å². The minimum atomic E-state index is -0.169. The van der Waals surface area contributed by atoms with E-state index in [1.165, 1.54) is 0 Å². The number of anilines is 2. The number of carbonyl (C=O) groups is 1. The minimum Gasteiger partial charge on any atom is -0.378 e. The maximum absolute atomic E-state index is 12.5. The van der Waals surface area contributed by atoms with Gasteiger partial charge in [0.1, 0.15) is 0 Å². The number of hydrogen-bond acceptors (Lipinski definition) is 4. The van der Waals surface area contributed by atoms with E-state index in [1.807, 2.05) is 31.2 Å². The number of hydrogen-bond donors (Lipinski definition) is 1. The summed E-state index contributed by atoms with van der Waals surface area (Å²) in [6.45, 7) is 5.04. The van der Waals surface area contributed by atoms with Gasteiger partial charge in [0, 0.05) is 23.8 Å². The van der Waals surface area contributed by atoms with Crippen molar-refractivity contribution >= 4 is 33.2 Å². The van der Waals surface area contributed by atoms with E-state index in [2.05, 4.69) is 31.1 Å². The molecule has 6 heteroatoms. The first-order chi connectivity index (χ1) is 11.1. The fraction of sp³-hybridized carbons (Fsp3) is 0.294. The van der Waals surface area contributed by atoms with Crippen molar-refractivity contribution in [1.82, 2.24) is 4.98 Å². The van der Waals surface area contributed by atoms with E-state index >= 15 is 0 Å². The van der Waals surface area contributed by atoms with Crippen LogP contribution in [0.4, 0.5) is 11.4 Å². The summed E-state index contributed by atoms with van der Waals surface area (Å²) >= 11 is 3.47. The second kappa shape index (κ2) is 7.10. The van der Waals surface area contributed by atoms with Crippen molar-refractivity contribution in [2.24, 2.45) is 0 Å². The zero-order valence-corrected chi connectivity index (χ0v) is 14.5. The number of aromatic nitrogens is 1. The highest BCUT2D eigenvalue weighted by Crippen LogP contribution is 2.24. The molecule has 120 valence electrons. The maximum Gasteiger partial charge on any atom is 0.257 e. The largest absolute Gasteiger partial charge is 0.378 e. The molecule has 0 unspecified atom stereocenters. The van der Waals surface area contributed by atoms with E-state index < -0.39 is 0 Å². The number of carbonyl (C=O) groups excluding carboxylic acids is 1. The minimum absolute atomic E-state index is 0.169. The van der Waals surface area contributed by atoms with Crippen molar-refractivity contribution in [3.05, 3.63) is 52.3 Å². The predicted molar refractivity (Wildman–Crippen MR) is 94.1 cm³/mol. The molecule has 0 saturated carbocycles. The molecule has 1 aromatic heterocycles. The number of aryl methyl sites for hydroxylation is 1.